The molecule has 0 aliphatic carbocycles. The van der Waals surface area contributed by atoms with Gasteiger partial charge in [-0.3, -0.25) is 4.79 Å². The molecule has 2 N–H and O–H groups in total. The highest BCUT2D eigenvalue weighted by Gasteiger charge is 2.26. The van der Waals surface area contributed by atoms with Crippen LogP contribution in [-0.2, 0) is 4.79 Å². The summed E-state index contributed by atoms with van der Waals surface area (Å²) in [5, 5.41) is 11.7. The molecule has 2 atom stereocenters. The fraction of sp³-hybridized carbons (Fsp3) is 0.312. The molecule has 116 valence electrons. The highest BCUT2D eigenvalue weighted by Crippen LogP contribution is 2.18. The predicted octanol–water partition coefficient (Wildman–Crippen LogP) is 2.57. The number of oxazole rings is 1. The molecule has 0 aliphatic heterocycles. The first-order valence-electron chi connectivity index (χ1n) is 7.07. The average molecular weight is 302 g/mol. The van der Waals surface area contributed by atoms with Crippen LogP contribution in [0.1, 0.15) is 30.8 Å². The van der Waals surface area contributed by atoms with E-state index in [1.807, 2.05) is 37.3 Å². The molecule has 2 rings (SSSR count). The number of carboxylic acids is 1. The van der Waals surface area contributed by atoms with Gasteiger partial charge < -0.3 is 14.8 Å². The molecule has 0 radical (unpaired) electrons. The molecule has 0 aliphatic rings. The number of aromatic nitrogens is 1. The van der Waals surface area contributed by atoms with Crippen molar-refractivity contribution in [2.45, 2.75) is 26.3 Å². The molecule has 2 unspecified atom stereocenters. The average Bonchev–Trinajstić information content (AvgIpc) is 3.02. The highest BCUT2D eigenvalue weighted by atomic mass is 16.4. The van der Waals surface area contributed by atoms with Gasteiger partial charge in [0.2, 0.25) is 5.89 Å². The fourth-order valence-corrected chi connectivity index (χ4v) is 1.99. The van der Waals surface area contributed by atoms with Crippen LogP contribution in [0.25, 0.3) is 11.5 Å². The van der Waals surface area contributed by atoms with Gasteiger partial charge >= 0.3 is 5.97 Å². The van der Waals surface area contributed by atoms with Crippen molar-refractivity contribution in [3.05, 3.63) is 42.3 Å². The number of nitrogens with zero attached hydrogens (tertiary/aromatic N) is 1. The number of carbonyl (C=O) groups is 2. The van der Waals surface area contributed by atoms with E-state index in [0.717, 1.165) is 5.56 Å². The smallest absolute Gasteiger partial charge is 0.326 e. The van der Waals surface area contributed by atoms with Crippen molar-refractivity contribution in [1.82, 2.24) is 10.3 Å². The summed E-state index contributed by atoms with van der Waals surface area (Å²) in [6, 6.07) is 8.21. The number of hydrogen-bond donors (Lipinski definition) is 2. The Hall–Kier alpha value is -2.63. The third-order valence-electron chi connectivity index (χ3n) is 3.52. The largest absolute Gasteiger partial charge is 0.480 e. The van der Waals surface area contributed by atoms with Gasteiger partial charge in [-0.05, 0) is 18.1 Å². The zero-order valence-electron chi connectivity index (χ0n) is 12.4. The van der Waals surface area contributed by atoms with Crippen molar-refractivity contribution in [3.63, 3.8) is 0 Å². The van der Waals surface area contributed by atoms with Crippen LogP contribution < -0.4 is 5.32 Å². The second-order valence-electron chi connectivity index (χ2n) is 5.08. The summed E-state index contributed by atoms with van der Waals surface area (Å²) in [6.45, 7) is 3.65. The maximum atomic E-state index is 12.1. The molecule has 0 fully saturated rings. The Bertz CT molecular complexity index is 651. The van der Waals surface area contributed by atoms with Crippen molar-refractivity contribution in [3.8, 4) is 11.5 Å². The Morgan fingerprint density at radius 3 is 2.59 bits per heavy atom. The monoisotopic (exact) mass is 302 g/mol. The van der Waals surface area contributed by atoms with Gasteiger partial charge in [0, 0.05) is 5.56 Å². The quantitative estimate of drug-likeness (QED) is 0.855. The van der Waals surface area contributed by atoms with Crippen LogP contribution in [0.5, 0.6) is 0 Å². The van der Waals surface area contributed by atoms with Crippen LogP contribution in [0.3, 0.4) is 0 Å². The SMILES string of the molecule is CCC(C)C(NC(=O)c1coc(-c2ccccc2)n1)C(=O)O. The first-order valence-corrected chi connectivity index (χ1v) is 7.07. The van der Waals surface area contributed by atoms with Crippen LogP contribution in [0.4, 0.5) is 0 Å². The molecule has 1 heterocycles. The molecular formula is C16H18N2O4. The van der Waals surface area contributed by atoms with Gasteiger partial charge in [-0.15, -0.1) is 0 Å². The summed E-state index contributed by atoms with van der Waals surface area (Å²) in [4.78, 5) is 27.5. The van der Waals surface area contributed by atoms with E-state index < -0.39 is 17.9 Å². The number of aliphatic carboxylic acids is 1. The van der Waals surface area contributed by atoms with E-state index in [1.165, 1.54) is 6.26 Å². The third-order valence-corrected chi connectivity index (χ3v) is 3.52. The maximum absolute atomic E-state index is 12.1. The van der Waals surface area contributed by atoms with Crippen molar-refractivity contribution in [2.75, 3.05) is 0 Å². The Morgan fingerprint density at radius 2 is 2.00 bits per heavy atom. The zero-order chi connectivity index (χ0) is 16.1. The van der Waals surface area contributed by atoms with Crippen molar-refractivity contribution in [2.24, 2.45) is 5.92 Å². The number of amides is 1. The summed E-state index contributed by atoms with van der Waals surface area (Å²) in [5.41, 5.74) is 0.812. The second-order valence-corrected chi connectivity index (χ2v) is 5.08. The van der Waals surface area contributed by atoms with E-state index in [9.17, 15) is 14.7 Å². The molecule has 0 saturated carbocycles. The summed E-state index contributed by atoms with van der Waals surface area (Å²) in [7, 11) is 0. The van der Waals surface area contributed by atoms with Gasteiger partial charge in [0.25, 0.3) is 5.91 Å². The summed E-state index contributed by atoms with van der Waals surface area (Å²) < 4.78 is 5.28. The molecule has 6 nitrogen and oxygen atoms in total. The van der Waals surface area contributed by atoms with Crippen molar-refractivity contribution in [1.29, 1.82) is 0 Å². The summed E-state index contributed by atoms with van der Waals surface area (Å²) in [5.74, 6) is -1.48. The topological polar surface area (TPSA) is 92.4 Å². The number of benzene rings is 1. The van der Waals surface area contributed by atoms with Gasteiger partial charge in [-0.2, -0.15) is 0 Å². The summed E-state index contributed by atoms with van der Waals surface area (Å²) >= 11 is 0. The van der Waals surface area contributed by atoms with Gasteiger partial charge in [-0.25, -0.2) is 9.78 Å². The maximum Gasteiger partial charge on any atom is 0.326 e. The lowest BCUT2D eigenvalue weighted by Gasteiger charge is -2.19. The molecular weight excluding hydrogens is 284 g/mol. The lowest BCUT2D eigenvalue weighted by atomic mass is 9.99. The van der Waals surface area contributed by atoms with Crippen molar-refractivity contribution >= 4 is 11.9 Å². The predicted molar refractivity (Wildman–Crippen MR) is 80.3 cm³/mol. The molecule has 1 aromatic carbocycles. The van der Waals surface area contributed by atoms with E-state index >= 15 is 0 Å². The van der Waals surface area contributed by atoms with E-state index in [1.54, 1.807) is 6.92 Å². The molecule has 22 heavy (non-hydrogen) atoms. The molecule has 0 saturated heterocycles. The Morgan fingerprint density at radius 1 is 1.32 bits per heavy atom. The highest BCUT2D eigenvalue weighted by molar-refractivity contribution is 5.95. The standard InChI is InChI=1S/C16H18N2O4/c1-3-10(2)13(16(20)21)18-14(19)12-9-22-15(17-12)11-7-5-4-6-8-11/h4-10,13H,3H2,1-2H3,(H,18,19)(H,20,21). The zero-order valence-corrected chi connectivity index (χ0v) is 12.4. The lowest BCUT2D eigenvalue weighted by Crippen LogP contribution is -2.45. The Labute approximate surface area is 128 Å². The van der Waals surface area contributed by atoms with E-state index in [2.05, 4.69) is 10.3 Å². The van der Waals surface area contributed by atoms with Crippen LogP contribution in [0.2, 0.25) is 0 Å². The fourth-order valence-electron chi connectivity index (χ4n) is 1.99. The first kappa shape index (κ1) is 15.8. The van der Waals surface area contributed by atoms with Crippen molar-refractivity contribution < 1.29 is 19.1 Å². The third kappa shape index (κ3) is 3.52. The minimum atomic E-state index is -1.06. The van der Waals surface area contributed by atoms with Crippen LogP contribution in [-0.4, -0.2) is 28.0 Å². The van der Waals surface area contributed by atoms with Crippen LogP contribution in [0.15, 0.2) is 41.0 Å². The summed E-state index contributed by atoms with van der Waals surface area (Å²) in [6.07, 6.45) is 1.87. The van der Waals surface area contributed by atoms with E-state index in [-0.39, 0.29) is 11.6 Å². The Balaban J connectivity index is 2.13. The van der Waals surface area contributed by atoms with Crippen LogP contribution in [0, 0.1) is 5.92 Å². The molecule has 0 spiro atoms. The van der Waals surface area contributed by atoms with Gasteiger partial charge in [-0.1, -0.05) is 38.5 Å². The van der Waals surface area contributed by atoms with E-state index in [4.69, 9.17) is 4.42 Å². The first-order chi connectivity index (χ1) is 10.5. The number of carboxylic acid groups (broad SMARTS) is 1. The number of carbonyl (C=O) groups excluding carboxylic acids is 1. The molecule has 6 heteroatoms. The molecule has 2 aromatic rings. The molecule has 1 aromatic heterocycles. The second kappa shape index (κ2) is 6.89. The lowest BCUT2D eigenvalue weighted by molar-refractivity contribution is -0.140. The molecule has 1 amide bonds. The minimum Gasteiger partial charge on any atom is -0.480 e. The number of hydrogen-bond acceptors (Lipinski definition) is 4. The number of nitrogens with one attached hydrogen (secondary N) is 1. The van der Waals surface area contributed by atoms with E-state index in [0.29, 0.717) is 12.3 Å². The molecule has 0 bridgehead atoms. The minimum absolute atomic E-state index is 0.0633. The van der Waals surface area contributed by atoms with Crippen LogP contribution >= 0.6 is 0 Å². The van der Waals surface area contributed by atoms with Gasteiger partial charge in [0.1, 0.15) is 12.3 Å². The van der Waals surface area contributed by atoms with Gasteiger partial charge in [0.05, 0.1) is 0 Å². The van der Waals surface area contributed by atoms with Gasteiger partial charge in [0.15, 0.2) is 5.69 Å². The Kier molecular flexibility index (Phi) is 4.93. The number of rotatable bonds is 6. The normalized spacial score (nSPS) is 13.4.